The number of hydrazine groups is 1. The Hall–Kier alpha value is -1.27. The minimum atomic E-state index is -4.34. The van der Waals surface area contributed by atoms with E-state index in [1.54, 1.807) is 11.1 Å². The largest absolute Gasteiger partial charge is 0.418 e. The number of nitrogens with one attached hydrogen (secondary N) is 1. The van der Waals surface area contributed by atoms with E-state index in [4.69, 9.17) is 4.74 Å². The molecular formula is C11H13F3N2O. The molecule has 0 saturated carbocycles. The number of anilines is 1. The SMILES string of the molecule is FC(F)(F)c1ccccc1NN1CCOCC1. The summed E-state index contributed by atoms with van der Waals surface area (Å²) in [6, 6.07) is 5.46. The highest BCUT2D eigenvalue weighted by Crippen LogP contribution is 2.34. The molecule has 1 aromatic rings. The van der Waals surface area contributed by atoms with Gasteiger partial charge in [0.1, 0.15) is 0 Å². The maximum absolute atomic E-state index is 12.7. The lowest BCUT2D eigenvalue weighted by Gasteiger charge is -2.29. The van der Waals surface area contributed by atoms with Gasteiger partial charge in [-0.2, -0.15) is 13.2 Å². The first-order valence-electron chi connectivity index (χ1n) is 5.33. The number of benzene rings is 1. The van der Waals surface area contributed by atoms with Gasteiger partial charge < -0.3 is 10.2 Å². The van der Waals surface area contributed by atoms with Crippen molar-refractivity contribution in [1.82, 2.24) is 5.01 Å². The van der Waals surface area contributed by atoms with Gasteiger partial charge in [0.25, 0.3) is 0 Å². The van der Waals surface area contributed by atoms with Crippen LogP contribution in [0.15, 0.2) is 24.3 Å². The molecule has 0 aliphatic carbocycles. The molecule has 1 aliphatic rings. The van der Waals surface area contributed by atoms with E-state index in [0.29, 0.717) is 26.3 Å². The van der Waals surface area contributed by atoms with E-state index in [1.165, 1.54) is 12.1 Å². The summed E-state index contributed by atoms with van der Waals surface area (Å²) in [5, 5.41) is 1.73. The van der Waals surface area contributed by atoms with Gasteiger partial charge in [-0.15, -0.1) is 0 Å². The Morgan fingerprint density at radius 2 is 1.76 bits per heavy atom. The number of alkyl halides is 3. The molecule has 2 rings (SSSR count). The summed E-state index contributed by atoms with van der Waals surface area (Å²) in [5.74, 6) is 0. The second-order valence-corrected chi connectivity index (χ2v) is 3.75. The zero-order valence-electron chi connectivity index (χ0n) is 9.13. The lowest BCUT2D eigenvalue weighted by molar-refractivity contribution is -0.137. The molecular weight excluding hydrogens is 233 g/mol. The number of halogens is 3. The molecule has 1 N–H and O–H groups in total. The van der Waals surface area contributed by atoms with Crippen LogP contribution in [0.2, 0.25) is 0 Å². The number of morpholine rings is 1. The van der Waals surface area contributed by atoms with Crippen molar-refractivity contribution in [2.45, 2.75) is 6.18 Å². The molecule has 17 heavy (non-hydrogen) atoms. The molecule has 0 radical (unpaired) electrons. The van der Waals surface area contributed by atoms with Crippen LogP contribution < -0.4 is 5.43 Å². The Kier molecular flexibility index (Phi) is 3.54. The fourth-order valence-corrected chi connectivity index (χ4v) is 1.67. The maximum Gasteiger partial charge on any atom is 0.418 e. The molecule has 1 fully saturated rings. The molecule has 0 atom stereocenters. The molecule has 1 aliphatic heterocycles. The van der Waals surface area contributed by atoms with E-state index in [9.17, 15) is 13.2 Å². The van der Waals surface area contributed by atoms with Gasteiger partial charge in [-0.25, -0.2) is 5.01 Å². The summed E-state index contributed by atoms with van der Waals surface area (Å²) in [6.07, 6.45) is -4.34. The molecule has 0 bridgehead atoms. The van der Waals surface area contributed by atoms with E-state index in [-0.39, 0.29) is 5.69 Å². The smallest absolute Gasteiger partial charge is 0.379 e. The molecule has 3 nitrogen and oxygen atoms in total. The Morgan fingerprint density at radius 1 is 1.12 bits per heavy atom. The number of ether oxygens (including phenoxy) is 1. The number of hydrogen-bond acceptors (Lipinski definition) is 3. The Bertz CT molecular complexity index is 375. The van der Waals surface area contributed by atoms with Crippen molar-refractivity contribution in [3.05, 3.63) is 29.8 Å². The van der Waals surface area contributed by atoms with Gasteiger partial charge in [-0.05, 0) is 12.1 Å². The fourth-order valence-electron chi connectivity index (χ4n) is 1.67. The van der Waals surface area contributed by atoms with Crippen LogP contribution in [0, 0.1) is 0 Å². The summed E-state index contributed by atoms with van der Waals surface area (Å²) in [6.45, 7) is 2.21. The van der Waals surface area contributed by atoms with Crippen LogP contribution in [0.1, 0.15) is 5.56 Å². The Labute approximate surface area is 97.1 Å². The van der Waals surface area contributed by atoms with Gasteiger partial charge in [-0.1, -0.05) is 12.1 Å². The third kappa shape index (κ3) is 3.10. The molecule has 0 aromatic heterocycles. The summed E-state index contributed by atoms with van der Waals surface area (Å²) >= 11 is 0. The highest BCUT2D eigenvalue weighted by atomic mass is 19.4. The summed E-state index contributed by atoms with van der Waals surface area (Å²) in [4.78, 5) is 0. The van der Waals surface area contributed by atoms with E-state index in [2.05, 4.69) is 5.43 Å². The molecule has 6 heteroatoms. The highest BCUT2D eigenvalue weighted by molar-refractivity contribution is 5.51. The van der Waals surface area contributed by atoms with Gasteiger partial charge in [0.05, 0.1) is 24.5 Å². The number of para-hydroxylation sites is 1. The van der Waals surface area contributed by atoms with Crippen LogP contribution >= 0.6 is 0 Å². The minimum absolute atomic E-state index is 0.0851. The van der Waals surface area contributed by atoms with Crippen molar-refractivity contribution in [3.63, 3.8) is 0 Å². The van der Waals surface area contributed by atoms with E-state index in [1.807, 2.05) is 0 Å². The van der Waals surface area contributed by atoms with Gasteiger partial charge in [-0.3, -0.25) is 0 Å². The van der Waals surface area contributed by atoms with Crippen molar-refractivity contribution < 1.29 is 17.9 Å². The topological polar surface area (TPSA) is 24.5 Å². The first-order chi connectivity index (χ1) is 8.07. The van der Waals surface area contributed by atoms with E-state index in [0.717, 1.165) is 6.07 Å². The number of hydrogen-bond donors (Lipinski definition) is 1. The van der Waals surface area contributed by atoms with Crippen molar-refractivity contribution in [1.29, 1.82) is 0 Å². The molecule has 0 unspecified atom stereocenters. The van der Waals surface area contributed by atoms with Gasteiger partial charge in [0, 0.05) is 13.1 Å². The van der Waals surface area contributed by atoms with Crippen LogP contribution in [-0.4, -0.2) is 31.3 Å². The average Bonchev–Trinajstić information content (AvgIpc) is 2.30. The summed E-state index contributed by atoms with van der Waals surface area (Å²) in [7, 11) is 0. The Balaban J connectivity index is 2.14. The summed E-state index contributed by atoms with van der Waals surface area (Å²) < 4.78 is 43.3. The van der Waals surface area contributed by atoms with E-state index >= 15 is 0 Å². The summed E-state index contributed by atoms with van der Waals surface area (Å²) in [5.41, 5.74) is 2.23. The van der Waals surface area contributed by atoms with Crippen molar-refractivity contribution >= 4 is 5.69 Å². The third-order valence-corrected chi connectivity index (χ3v) is 2.52. The van der Waals surface area contributed by atoms with Crippen LogP contribution in [0.3, 0.4) is 0 Å². The van der Waals surface area contributed by atoms with Crippen LogP contribution in [0.4, 0.5) is 18.9 Å². The third-order valence-electron chi connectivity index (χ3n) is 2.52. The maximum atomic E-state index is 12.7. The standard InChI is InChI=1S/C11H13F3N2O/c12-11(13,14)9-3-1-2-4-10(9)15-16-5-7-17-8-6-16/h1-4,15H,5-8H2. The first kappa shape index (κ1) is 12.2. The Morgan fingerprint density at radius 3 is 2.41 bits per heavy atom. The normalized spacial score (nSPS) is 18.1. The molecule has 1 saturated heterocycles. The average molecular weight is 246 g/mol. The van der Waals surface area contributed by atoms with Gasteiger partial charge in [0.15, 0.2) is 0 Å². The monoisotopic (exact) mass is 246 g/mol. The molecule has 1 aromatic carbocycles. The van der Waals surface area contributed by atoms with E-state index < -0.39 is 11.7 Å². The predicted octanol–water partition coefficient (Wildman–Crippen LogP) is 2.36. The minimum Gasteiger partial charge on any atom is -0.379 e. The second kappa shape index (κ2) is 4.93. The lowest BCUT2D eigenvalue weighted by atomic mass is 10.2. The van der Waals surface area contributed by atoms with Crippen LogP contribution in [0.25, 0.3) is 0 Å². The predicted molar refractivity (Wildman–Crippen MR) is 57.5 cm³/mol. The zero-order chi connectivity index (χ0) is 12.3. The van der Waals surface area contributed by atoms with Crippen molar-refractivity contribution in [2.24, 2.45) is 0 Å². The van der Waals surface area contributed by atoms with Crippen LogP contribution in [-0.2, 0) is 10.9 Å². The highest BCUT2D eigenvalue weighted by Gasteiger charge is 2.33. The molecule has 0 amide bonds. The quantitative estimate of drug-likeness (QED) is 0.867. The van der Waals surface area contributed by atoms with Gasteiger partial charge >= 0.3 is 6.18 Å². The zero-order valence-corrected chi connectivity index (χ0v) is 9.13. The molecule has 94 valence electrons. The molecule has 1 heterocycles. The number of rotatable bonds is 2. The molecule has 0 spiro atoms. The number of nitrogens with zero attached hydrogens (tertiary/aromatic N) is 1. The van der Waals surface area contributed by atoms with Gasteiger partial charge in [0.2, 0.25) is 0 Å². The van der Waals surface area contributed by atoms with Crippen molar-refractivity contribution in [2.75, 3.05) is 31.7 Å². The first-order valence-corrected chi connectivity index (χ1v) is 5.33. The van der Waals surface area contributed by atoms with Crippen molar-refractivity contribution in [3.8, 4) is 0 Å². The fraction of sp³-hybridized carbons (Fsp3) is 0.455. The van der Waals surface area contributed by atoms with Crippen LogP contribution in [0.5, 0.6) is 0 Å². The second-order valence-electron chi connectivity index (χ2n) is 3.75. The lowest BCUT2D eigenvalue weighted by Crippen LogP contribution is -2.40.